The first-order valence-corrected chi connectivity index (χ1v) is 3.97. The second-order valence-electron chi connectivity index (χ2n) is 2.57. The molecule has 0 radical (unpaired) electrons. The Morgan fingerprint density at radius 3 is 2.77 bits per heavy atom. The first-order valence-electron chi connectivity index (χ1n) is 3.97. The molecule has 2 rings (SSSR count). The van der Waals surface area contributed by atoms with E-state index in [1.807, 2.05) is 26.2 Å². The van der Waals surface area contributed by atoms with Gasteiger partial charge in [0.05, 0.1) is 0 Å². The fourth-order valence-corrected chi connectivity index (χ4v) is 1.03. The molecule has 70 valence electrons. The van der Waals surface area contributed by atoms with E-state index in [-0.39, 0.29) is 0 Å². The van der Waals surface area contributed by atoms with E-state index < -0.39 is 0 Å². The third-order valence-corrected chi connectivity index (χ3v) is 1.58. The van der Waals surface area contributed by atoms with Gasteiger partial charge in [-0.25, -0.2) is 9.67 Å². The Morgan fingerprint density at radius 2 is 2.08 bits per heavy atom. The zero-order valence-electron chi connectivity index (χ0n) is 8.02. The molecule has 0 aromatic carbocycles. The molecule has 2 N–H and O–H groups in total. The number of pyridine rings is 1. The molecule has 2 aromatic rings. The molecule has 2 aromatic heterocycles. The number of hydrogen-bond acceptors (Lipinski definition) is 4. The Bertz CT molecular complexity index is 392. The minimum absolute atomic E-state index is 0.829. The number of nitrogens with zero attached hydrogens (tertiary/aromatic N) is 4. The lowest BCUT2D eigenvalue weighted by Crippen LogP contribution is -1.91. The van der Waals surface area contributed by atoms with Gasteiger partial charge in [0.15, 0.2) is 5.65 Å². The molecule has 0 saturated carbocycles. The highest BCUT2D eigenvalue weighted by atomic mass is 15.4. The predicted molar refractivity (Wildman–Crippen MR) is 51.2 cm³/mol. The minimum atomic E-state index is 0.829. The molecule has 0 aliphatic carbocycles. The third kappa shape index (κ3) is 1.81. The van der Waals surface area contributed by atoms with Crippen LogP contribution in [0.25, 0.3) is 11.2 Å². The zero-order valence-corrected chi connectivity index (χ0v) is 8.02. The van der Waals surface area contributed by atoms with Crippen LogP contribution in [-0.2, 0) is 7.05 Å². The summed E-state index contributed by atoms with van der Waals surface area (Å²) < 4.78 is 1.66. The summed E-state index contributed by atoms with van der Waals surface area (Å²) in [6.07, 6.45) is 1.81. The van der Waals surface area contributed by atoms with Crippen LogP contribution in [0.4, 0.5) is 0 Å². The number of rotatable bonds is 0. The lowest BCUT2D eigenvalue weighted by atomic mass is 10.3. The van der Waals surface area contributed by atoms with Crippen LogP contribution >= 0.6 is 0 Å². The molecule has 5 nitrogen and oxygen atoms in total. The molecule has 2 heterocycles. The Morgan fingerprint density at radius 1 is 1.38 bits per heavy atom. The van der Waals surface area contributed by atoms with Gasteiger partial charge >= 0.3 is 0 Å². The maximum Gasteiger partial charge on any atom is 0.178 e. The number of hydrogen-bond donors (Lipinski definition) is 1. The van der Waals surface area contributed by atoms with Gasteiger partial charge in [-0.1, -0.05) is 5.21 Å². The third-order valence-electron chi connectivity index (χ3n) is 1.58. The summed E-state index contributed by atoms with van der Waals surface area (Å²) >= 11 is 0. The van der Waals surface area contributed by atoms with Gasteiger partial charge in [0, 0.05) is 13.2 Å². The van der Waals surface area contributed by atoms with Gasteiger partial charge in [0.1, 0.15) is 5.52 Å². The lowest BCUT2D eigenvalue weighted by molar-refractivity contribution is 0.730. The first kappa shape index (κ1) is 9.60. The van der Waals surface area contributed by atoms with Crippen molar-refractivity contribution in [3.05, 3.63) is 17.8 Å². The maximum atomic E-state index is 4.50. The van der Waals surface area contributed by atoms with E-state index in [4.69, 9.17) is 0 Å². The molecular formula is C8H13N5. The van der Waals surface area contributed by atoms with E-state index in [9.17, 15) is 0 Å². The summed E-state index contributed by atoms with van der Waals surface area (Å²) in [6.45, 7) is 1.99. The minimum Gasteiger partial charge on any atom is -0.333 e. The summed E-state index contributed by atoms with van der Waals surface area (Å²) in [6, 6.07) is 1.97. The zero-order chi connectivity index (χ0) is 9.84. The van der Waals surface area contributed by atoms with Crippen LogP contribution in [0.2, 0.25) is 0 Å². The van der Waals surface area contributed by atoms with E-state index in [2.05, 4.69) is 21.0 Å². The van der Waals surface area contributed by atoms with Crippen LogP contribution in [0.15, 0.2) is 12.3 Å². The van der Waals surface area contributed by atoms with E-state index in [1.54, 1.807) is 4.68 Å². The van der Waals surface area contributed by atoms with E-state index in [0.29, 0.717) is 0 Å². The number of nitrogens with two attached hydrogens (primary N) is 1. The fraction of sp³-hybridized carbons (Fsp3) is 0.375. The van der Waals surface area contributed by atoms with Gasteiger partial charge in [0.2, 0.25) is 0 Å². The van der Waals surface area contributed by atoms with Gasteiger partial charge in [-0.05, 0) is 25.6 Å². The van der Waals surface area contributed by atoms with Crippen molar-refractivity contribution in [1.82, 2.24) is 20.0 Å². The lowest BCUT2D eigenvalue weighted by Gasteiger charge is -1.90. The van der Waals surface area contributed by atoms with Crippen molar-refractivity contribution in [2.75, 3.05) is 7.05 Å². The van der Waals surface area contributed by atoms with Crippen molar-refractivity contribution >= 4 is 11.2 Å². The van der Waals surface area contributed by atoms with Crippen LogP contribution in [0.3, 0.4) is 0 Å². The highest BCUT2D eigenvalue weighted by Gasteiger charge is 2.00. The van der Waals surface area contributed by atoms with Gasteiger partial charge in [-0.15, -0.1) is 5.10 Å². The highest BCUT2D eigenvalue weighted by molar-refractivity contribution is 5.69. The topological polar surface area (TPSA) is 69.6 Å². The second-order valence-corrected chi connectivity index (χ2v) is 2.57. The van der Waals surface area contributed by atoms with E-state index >= 15 is 0 Å². The molecule has 0 atom stereocenters. The molecule has 0 bridgehead atoms. The average Bonchev–Trinajstić information content (AvgIpc) is 2.51. The Hall–Kier alpha value is -1.49. The summed E-state index contributed by atoms with van der Waals surface area (Å²) in [4.78, 5) is 4.18. The van der Waals surface area contributed by atoms with Crippen molar-refractivity contribution in [3.63, 3.8) is 0 Å². The number of fused-ring (bicyclic) bond motifs is 1. The predicted octanol–water partition coefficient (Wildman–Crippen LogP) is 0.247. The molecule has 0 saturated heterocycles. The highest BCUT2D eigenvalue weighted by Crippen LogP contribution is 2.07. The summed E-state index contributed by atoms with van der Waals surface area (Å²) in [5.74, 6) is 0. The van der Waals surface area contributed by atoms with Crippen molar-refractivity contribution in [2.45, 2.75) is 6.92 Å². The first-order chi connectivity index (χ1) is 6.27. The molecule has 13 heavy (non-hydrogen) atoms. The second kappa shape index (κ2) is 3.95. The Balaban J connectivity index is 0.000000396. The smallest absolute Gasteiger partial charge is 0.178 e. The van der Waals surface area contributed by atoms with Crippen LogP contribution in [0, 0.1) is 6.92 Å². The molecule has 0 aliphatic rings. The average molecular weight is 179 g/mol. The van der Waals surface area contributed by atoms with Crippen LogP contribution in [0.5, 0.6) is 0 Å². The normalized spacial score (nSPS) is 9.54. The van der Waals surface area contributed by atoms with Gasteiger partial charge in [0.25, 0.3) is 0 Å². The standard InChI is InChI=1S/C7H8N4.CH5N/c1-5-3-6-7(8-4-5)11(2)10-9-6;1-2/h3-4H,1-2H3;2H2,1H3. The Kier molecular flexibility index (Phi) is 2.92. The SMILES string of the molecule is CN.Cc1cnc2c(c1)nnn2C. The number of aryl methyl sites for hydroxylation is 2. The van der Waals surface area contributed by atoms with Crippen molar-refractivity contribution < 1.29 is 0 Å². The Labute approximate surface area is 76.6 Å². The van der Waals surface area contributed by atoms with Gasteiger partial charge in [-0.2, -0.15) is 0 Å². The van der Waals surface area contributed by atoms with Crippen molar-refractivity contribution in [1.29, 1.82) is 0 Å². The molecule has 0 fully saturated rings. The fourth-order valence-electron chi connectivity index (χ4n) is 1.03. The maximum absolute atomic E-state index is 4.50. The van der Waals surface area contributed by atoms with Crippen LogP contribution in [0.1, 0.15) is 5.56 Å². The number of aromatic nitrogens is 4. The van der Waals surface area contributed by atoms with Crippen LogP contribution < -0.4 is 5.73 Å². The van der Waals surface area contributed by atoms with Gasteiger partial charge in [-0.3, -0.25) is 0 Å². The molecular weight excluding hydrogens is 166 g/mol. The van der Waals surface area contributed by atoms with E-state index in [1.165, 1.54) is 7.05 Å². The molecule has 0 spiro atoms. The van der Waals surface area contributed by atoms with Crippen molar-refractivity contribution in [3.8, 4) is 0 Å². The largest absolute Gasteiger partial charge is 0.333 e. The molecule has 0 amide bonds. The van der Waals surface area contributed by atoms with Crippen LogP contribution in [-0.4, -0.2) is 27.0 Å². The van der Waals surface area contributed by atoms with Gasteiger partial charge < -0.3 is 5.73 Å². The summed E-state index contributed by atoms with van der Waals surface area (Å²) in [5.41, 5.74) is 7.29. The molecule has 5 heteroatoms. The molecule has 0 aliphatic heterocycles. The monoisotopic (exact) mass is 179 g/mol. The summed E-state index contributed by atoms with van der Waals surface area (Å²) in [7, 11) is 3.33. The van der Waals surface area contributed by atoms with Crippen molar-refractivity contribution in [2.24, 2.45) is 12.8 Å². The molecule has 0 unspecified atom stereocenters. The quantitative estimate of drug-likeness (QED) is 0.629. The summed E-state index contributed by atoms with van der Waals surface area (Å²) in [5, 5.41) is 7.77. The van der Waals surface area contributed by atoms with E-state index in [0.717, 1.165) is 16.7 Å².